The molecule has 0 amide bonds. The van der Waals surface area contributed by atoms with E-state index in [1.807, 2.05) is 0 Å². The SMILES string of the molecule is COC(=O)CCC1=CC(=O)CCC1. The molecule has 1 aliphatic rings. The first kappa shape index (κ1) is 9.96. The minimum atomic E-state index is -0.209. The topological polar surface area (TPSA) is 43.4 Å². The normalized spacial score (nSPS) is 16.7. The average molecular weight is 182 g/mol. The molecule has 0 fully saturated rings. The third-order valence-electron chi connectivity index (χ3n) is 2.16. The summed E-state index contributed by atoms with van der Waals surface area (Å²) >= 11 is 0. The van der Waals surface area contributed by atoms with Crippen LogP contribution in [0.25, 0.3) is 0 Å². The largest absolute Gasteiger partial charge is 0.469 e. The first-order valence-electron chi connectivity index (χ1n) is 4.51. The van der Waals surface area contributed by atoms with Crippen molar-refractivity contribution in [1.29, 1.82) is 0 Å². The number of carbonyl (C=O) groups is 2. The molecule has 0 saturated carbocycles. The summed E-state index contributed by atoms with van der Waals surface area (Å²) in [6.07, 6.45) is 5.25. The van der Waals surface area contributed by atoms with Crippen molar-refractivity contribution in [2.75, 3.05) is 7.11 Å². The third kappa shape index (κ3) is 3.40. The van der Waals surface area contributed by atoms with Gasteiger partial charge in [-0.3, -0.25) is 9.59 Å². The second kappa shape index (κ2) is 4.80. The highest BCUT2D eigenvalue weighted by molar-refractivity contribution is 5.91. The zero-order valence-corrected chi connectivity index (χ0v) is 7.84. The molecule has 3 nitrogen and oxygen atoms in total. The van der Waals surface area contributed by atoms with Crippen molar-refractivity contribution in [2.24, 2.45) is 0 Å². The Kier molecular flexibility index (Phi) is 3.68. The molecule has 3 heteroatoms. The smallest absolute Gasteiger partial charge is 0.305 e. The van der Waals surface area contributed by atoms with Gasteiger partial charge in [-0.1, -0.05) is 5.57 Å². The lowest BCUT2D eigenvalue weighted by Crippen LogP contribution is -2.05. The van der Waals surface area contributed by atoms with Gasteiger partial charge in [-0.25, -0.2) is 0 Å². The van der Waals surface area contributed by atoms with Crippen LogP contribution in [0.4, 0.5) is 0 Å². The van der Waals surface area contributed by atoms with Gasteiger partial charge in [0.1, 0.15) is 0 Å². The molecule has 13 heavy (non-hydrogen) atoms. The Bertz CT molecular complexity index is 241. The predicted molar refractivity (Wildman–Crippen MR) is 48.2 cm³/mol. The number of ether oxygens (including phenoxy) is 1. The highest BCUT2D eigenvalue weighted by Gasteiger charge is 2.11. The van der Waals surface area contributed by atoms with Crippen LogP contribution in [-0.2, 0) is 14.3 Å². The van der Waals surface area contributed by atoms with Gasteiger partial charge in [-0.2, -0.15) is 0 Å². The first-order chi connectivity index (χ1) is 6.22. The molecule has 0 radical (unpaired) electrons. The Morgan fingerprint density at radius 1 is 1.54 bits per heavy atom. The lowest BCUT2D eigenvalue weighted by Gasteiger charge is -2.10. The van der Waals surface area contributed by atoms with Gasteiger partial charge in [-0.05, 0) is 25.3 Å². The number of carbonyl (C=O) groups excluding carboxylic acids is 2. The van der Waals surface area contributed by atoms with Crippen LogP contribution in [0.1, 0.15) is 32.1 Å². The second-order valence-corrected chi connectivity index (χ2v) is 3.20. The van der Waals surface area contributed by atoms with E-state index >= 15 is 0 Å². The van der Waals surface area contributed by atoms with Crippen LogP contribution in [-0.4, -0.2) is 18.9 Å². The van der Waals surface area contributed by atoms with E-state index in [1.165, 1.54) is 7.11 Å². The number of hydrogen-bond acceptors (Lipinski definition) is 3. The summed E-state index contributed by atoms with van der Waals surface area (Å²) < 4.78 is 4.52. The molecular weight excluding hydrogens is 168 g/mol. The van der Waals surface area contributed by atoms with Gasteiger partial charge in [0, 0.05) is 12.8 Å². The molecule has 0 aromatic rings. The van der Waals surface area contributed by atoms with Crippen LogP contribution >= 0.6 is 0 Å². The third-order valence-corrected chi connectivity index (χ3v) is 2.16. The zero-order valence-electron chi connectivity index (χ0n) is 7.84. The molecule has 0 saturated heterocycles. The molecule has 0 atom stereocenters. The van der Waals surface area contributed by atoms with Crippen LogP contribution in [0.15, 0.2) is 11.6 Å². The number of allylic oxidation sites excluding steroid dienone is 2. The molecule has 0 aliphatic heterocycles. The minimum absolute atomic E-state index is 0.186. The fourth-order valence-electron chi connectivity index (χ4n) is 1.42. The van der Waals surface area contributed by atoms with Gasteiger partial charge in [0.25, 0.3) is 0 Å². The van der Waals surface area contributed by atoms with Gasteiger partial charge in [0.15, 0.2) is 5.78 Å². The van der Waals surface area contributed by atoms with Crippen LogP contribution < -0.4 is 0 Å². The van der Waals surface area contributed by atoms with Gasteiger partial charge >= 0.3 is 5.97 Å². The van der Waals surface area contributed by atoms with Crippen LogP contribution in [0.5, 0.6) is 0 Å². The maximum Gasteiger partial charge on any atom is 0.305 e. The maximum atomic E-state index is 11.0. The summed E-state index contributed by atoms with van der Waals surface area (Å²) in [6.45, 7) is 0. The summed E-state index contributed by atoms with van der Waals surface area (Å²) in [7, 11) is 1.38. The van der Waals surface area contributed by atoms with E-state index in [1.54, 1.807) is 6.08 Å². The molecule has 1 aliphatic carbocycles. The van der Waals surface area contributed by atoms with Crippen molar-refractivity contribution in [1.82, 2.24) is 0 Å². The Balaban J connectivity index is 2.36. The highest BCUT2D eigenvalue weighted by atomic mass is 16.5. The summed E-state index contributed by atoms with van der Waals surface area (Å²) in [4.78, 5) is 21.8. The lowest BCUT2D eigenvalue weighted by molar-refractivity contribution is -0.140. The summed E-state index contributed by atoms with van der Waals surface area (Å²) in [5, 5.41) is 0. The van der Waals surface area contributed by atoms with Crippen molar-refractivity contribution in [3.63, 3.8) is 0 Å². The van der Waals surface area contributed by atoms with Gasteiger partial charge in [-0.15, -0.1) is 0 Å². The molecule has 72 valence electrons. The van der Waals surface area contributed by atoms with E-state index in [9.17, 15) is 9.59 Å². The van der Waals surface area contributed by atoms with Crippen molar-refractivity contribution >= 4 is 11.8 Å². The predicted octanol–water partition coefficient (Wildman–Crippen LogP) is 1.62. The lowest BCUT2D eigenvalue weighted by atomic mass is 9.95. The van der Waals surface area contributed by atoms with Crippen LogP contribution in [0.3, 0.4) is 0 Å². The number of esters is 1. The van der Waals surface area contributed by atoms with Crippen molar-refractivity contribution in [3.8, 4) is 0 Å². The Hall–Kier alpha value is -1.12. The van der Waals surface area contributed by atoms with Crippen molar-refractivity contribution in [3.05, 3.63) is 11.6 Å². The Morgan fingerprint density at radius 3 is 2.92 bits per heavy atom. The average Bonchev–Trinajstić information content (AvgIpc) is 2.14. The quantitative estimate of drug-likeness (QED) is 0.623. The number of rotatable bonds is 3. The molecular formula is C10H14O3. The summed E-state index contributed by atoms with van der Waals surface area (Å²) in [5.41, 5.74) is 1.08. The molecule has 0 aromatic heterocycles. The fraction of sp³-hybridized carbons (Fsp3) is 0.600. The minimum Gasteiger partial charge on any atom is -0.469 e. The monoisotopic (exact) mass is 182 g/mol. The van der Waals surface area contributed by atoms with E-state index in [-0.39, 0.29) is 11.8 Å². The standard InChI is InChI=1S/C10H14O3/c1-13-10(12)6-5-8-3-2-4-9(11)7-8/h7H,2-6H2,1H3. The number of hydrogen-bond donors (Lipinski definition) is 0. The van der Waals surface area contributed by atoms with E-state index in [2.05, 4.69) is 4.74 Å². The number of methoxy groups -OCH3 is 1. The molecule has 1 rings (SSSR count). The molecule has 0 spiro atoms. The molecule has 0 aromatic carbocycles. The second-order valence-electron chi connectivity index (χ2n) is 3.20. The maximum absolute atomic E-state index is 11.0. The zero-order chi connectivity index (χ0) is 9.68. The van der Waals surface area contributed by atoms with E-state index in [0.717, 1.165) is 18.4 Å². The molecule has 0 heterocycles. The highest BCUT2D eigenvalue weighted by Crippen LogP contribution is 2.19. The van der Waals surface area contributed by atoms with Gasteiger partial charge < -0.3 is 4.74 Å². The molecule has 0 N–H and O–H groups in total. The first-order valence-corrected chi connectivity index (χ1v) is 4.51. The Labute approximate surface area is 77.8 Å². The van der Waals surface area contributed by atoms with E-state index < -0.39 is 0 Å². The van der Waals surface area contributed by atoms with E-state index in [0.29, 0.717) is 19.3 Å². The van der Waals surface area contributed by atoms with Crippen LogP contribution in [0, 0.1) is 0 Å². The number of ketones is 1. The summed E-state index contributed by atoms with van der Waals surface area (Å²) in [6, 6.07) is 0. The van der Waals surface area contributed by atoms with Gasteiger partial charge in [0.2, 0.25) is 0 Å². The van der Waals surface area contributed by atoms with E-state index in [4.69, 9.17) is 0 Å². The summed E-state index contributed by atoms with van der Waals surface area (Å²) in [5.74, 6) is -0.0231. The van der Waals surface area contributed by atoms with Crippen molar-refractivity contribution < 1.29 is 14.3 Å². The van der Waals surface area contributed by atoms with Crippen molar-refractivity contribution in [2.45, 2.75) is 32.1 Å². The van der Waals surface area contributed by atoms with Gasteiger partial charge in [0.05, 0.1) is 7.11 Å². The van der Waals surface area contributed by atoms with Crippen LogP contribution in [0.2, 0.25) is 0 Å². The fourth-order valence-corrected chi connectivity index (χ4v) is 1.42. The molecule has 0 unspecified atom stereocenters. The molecule has 0 bridgehead atoms. The Morgan fingerprint density at radius 2 is 2.31 bits per heavy atom.